The molecule has 152 valence electrons. The van der Waals surface area contributed by atoms with E-state index < -0.39 is 10.0 Å². The van der Waals surface area contributed by atoms with Crippen LogP contribution in [0.1, 0.15) is 23.2 Å². The number of amides is 1. The summed E-state index contributed by atoms with van der Waals surface area (Å²) in [6.07, 6.45) is 0. The molecule has 3 rings (SSSR count). The van der Waals surface area contributed by atoms with Gasteiger partial charge in [-0.2, -0.15) is 4.98 Å². The molecule has 0 fully saturated rings. The molecule has 0 aliphatic carbocycles. The van der Waals surface area contributed by atoms with E-state index in [1.54, 1.807) is 44.3 Å². The lowest BCUT2D eigenvalue weighted by Gasteiger charge is -2.15. The Morgan fingerprint density at radius 2 is 1.86 bits per heavy atom. The lowest BCUT2D eigenvalue weighted by Crippen LogP contribution is -2.26. The van der Waals surface area contributed by atoms with Crippen LogP contribution in [-0.4, -0.2) is 42.2 Å². The van der Waals surface area contributed by atoms with Gasteiger partial charge in [0.1, 0.15) is 0 Å². The number of benzene rings is 2. The van der Waals surface area contributed by atoms with E-state index in [1.165, 1.54) is 17.0 Å². The first-order valence-electron chi connectivity index (χ1n) is 8.72. The van der Waals surface area contributed by atoms with E-state index in [1.807, 2.05) is 6.07 Å². The maximum absolute atomic E-state index is 12.6. The van der Waals surface area contributed by atoms with Crippen molar-refractivity contribution in [3.63, 3.8) is 0 Å². The molecule has 2 aromatic carbocycles. The molecule has 29 heavy (non-hydrogen) atoms. The summed E-state index contributed by atoms with van der Waals surface area (Å²) in [5.74, 6) is 0.311. The molecule has 0 unspecified atom stereocenters. The minimum Gasteiger partial charge on any atom is -0.337 e. The molecule has 8 nitrogen and oxygen atoms in total. The Morgan fingerprint density at radius 3 is 2.52 bits per heavy atom. The van der Waals surface area contributed by atoms with Crippen molar-refractivity contribution >= 4 is 33.2 Å². The van der Waals surface area contributed by atoms with Gasteiger partial charge in [-0.1, -0.05) is 28.9 Å². The highest BCUT2D eigenvalue weighted by Gasteiger charge is 2.17. The lowest BCUT2D eigenvalue weighted by molar-refractivity contribution is 0.0769. The standard InChI is InChI=1S/C19H19ClN4O4S/c1-3-29(26,27)23-14-10-8-13(9-11-14)19(25)24(2)12-17-21-18(22-28-17)15-6-4-5-7-16(15)20/h4-11,23H,3,12H2,1-2H3. The van der Waals surface area contributed by atoms with E-state index in [4.69, 9.17) is 16.1 Å². The van der Waals surface area contributed by atoms with Crippen molar-refractivity contribution in [3.8, 4) is 11.4 Å². The molecule has 0 atom stereocenters. The summed E-state index contributed by atoms with van der Waals surface area (Å²) >= 11 is 6.14. The third kappa shape index (κ3) is 5.12. The van der Waals surface area contributed by atoms with E-state index >= 15 is 0 Å². The summed E-state index contributed by atoms with van der Waals surface area (Å²) in [6, 6.07) is 13.3. The number of sulfonamides is 1. The van der Waals surface area contributed by atoms with E-state index in [0.717, 1.165) is 0 Å². The zero-order valence-corrected chi connectivity index (χ0v) is 17.4. The fourth-order valence-electron chi connectivity index (χ4n) is 2.50. The van der Waals surface area contributed by atoms with Gasteiger partial charge in [0.2, 0.25) is 21.7 Å². The van der Waals surface area contributed by atoms with Crippen LogP contribution < -0.4 is 4.72 Å². The number of anilines is 1. The van der Waals surface area contributed by atoms with Gasteiger partial charge in [-0.05, 0) is 43.3 Å². The molecule has 0 aliphatic heterocycles. The second-order valence-corrected chi connectivity index (χ2v) is 8.65. The van der Waals surface area contributed by atoms with Gasteiger partial charge in [0.15, 0.2) is 0 Å². The molecule has 1 aromatic heterocycles. The highest BCUT2D eigenvalue weighted by atomic mass is 35.5. The number of rotatable bonds is 7. The summed E-state index contributed by atoms with van der Waals surface area (Å²) in [6.45, 7) is 1.66. The molecule has 10 heteroatoms. The van der Waals surface area contributed by atoms with Crippen LogP contribution in [-0.2, 0) is 16.6 Å². The molecular formula is C19H19ClN4O4S. The van der Waals surface area contributed by atoms with Gasteiger partial charge in [-0.15, -0.1) is 0 Å². The van der Waals surface area contributed by atoms with Crippen LogP contribution in [0.15, 0.2) is 53.1 Å². The minimum atomic E-state index is -3.37. The third-order valence-corrected chi connectivity index (χ3v) is 5.72. The van der Waals surface area contributed by atoms with Crippen LogP contribution in [0.4, 0.5) is 5.69 Å². The Labute approximate surface area is 173 Å². The predicted molar refractivity (Wildman–Crippen MR) is 110 cm³/mol. The van der Waals surface area contributed by atoms with Gasteiger partial charge in [0.25, 0.3) is 5.91 Å². The van der Waals surface area contributed by atoms with E-state index in [0.29, 0.717) is 27.7 Å². The monoisotopic (exact) mass is 434 g/mol. The summed E-state index contributed by atoms with van der Waals surface area (Å²) in [5.41, 5.74) is 1.44. The molecule has 0 spiro atoms. The van der Waals surface area contributed by atoms with Gasteiger partial charge in [0, 0.05) is 23.9 Å². The second kappa shape index (κ2) is 8.62. The van der Waals surface area contributed by atoms with Crippen molar-refractivity contribution in [2.45, 2.75) is 13.5 Å². The van der Waals surface area contributed by atoms with Crippen LogP contribution in [0, 0.1) is 0 Å². The summed E-state index contributed by atoms with van der Waals surface area (Å²) in [4.78, 5) is 18.3. The number of hydrogen-bond acceptors (Lipinski definition) is 6. The fourth-order valence-corrected chi connectivity index (χ4v) is 3.36. The molecule has 0 bridgehead atoms. The van der Waals surface area contributed by atoms with Crippen molar-refractivity contribution < 1.29 is 17.7 Å². The van der Waals surface area contributed by atoms with Crippen molar-refractivity contribution in [3.05, 3.63) is 65.0 Å². The van der Waals surface area contributed by atoms with Crippen LogP contribution in [0.2, 0.25) is 5.02 Å². The lowest BCUT2D eigenvalue weighted by atomic mass is 10.2. The van der Waals surface area contributed by atoms with Crippen LogP contribution in [0.25, 0.3) is 11.4 Å². The molecule has 0 radical (unpaired) electrons. The molecule has 1 heterocycles. The van der Waals surface area contributed by atoms with Gasteiger partial charge in [-0.3, -0.25) is 9.52 Å². The Hall–Kier alpha value is -2.91. The van der Waals surface area contributed by atoms with Gasteiger partial charge in [0.05, 0.1) is 17.3 Å². The molecule has 0 aliphatic rings. The fraction of sp³-hybridized carbons (Fsp3) is 0.211. The zero-order chi connectivity index (χ0) is 21.0. The topological polar surface area (TPSA) is 105 Å². The summed E-state index contributed by atoms with van der Waals surface area (Å²) in [7, 11) is -1.76. The van der Waals surface area contributed by atoms with Crippen LogP contribution in [0.3, 0.4) is 0 Å². The Bertz CT molecular complexity index is 1110. The smallest absolute Gasteiger partial charge is 0.254 e. The zero-order valence-electron chi connectivity index (χ0n) is 15.8. The second-order valence-electron chi connectivity index (χ2n) is 6.24. The van der Waals surface area contributed by atoms with Gasteiger partial charge < -0.3 is 9.42 Å². The van der Waals surface area contributed by atoms with E-state index in [-0.39, 0.29) is 24.1 Å². The number of nitrogens with zero attached hydrogens (tertiary/aromatic N) is 3. The van der Waals surface area contributed by atoms with Crippen LogP contribution in [0.5, 0.6) is 0 Å². The molecule has 1 N–H and O–H groups in total. The number of halogens is 1. The Kier molecular flexibility index (Phi) is 6.19. The summed E-state index contributed by atoms with van der Waals surface area (Å²) < 4.78 is 30.9. The van der Waals surface area contributed by atoms with Crippen molar-refractivity contribution in [1.29, 1.82) is 0 Å². The Balaban J connectivity index is 1.67. The quantitative estimate of drug-likeness (QED) is 0.610. The molecule has 1 amide bonds. The van der Waals surface area contributed by atoms with Crippen LogP contribution >= 0.6 is 11.6 Å². The van der Waals surface area contributed by atoms with E-state index in [9.17, 15) is 13.2 Å². The number of aromatic nitrogens is 2. The molecule has 3 aromatic rings. The largest absolute Gasteiger partial charge is 0.337 e. The first-order valence-corrected chi connectivity index (χ1v) is 10.8. The average molecular weight is 435 g/mol. The highest BCUT2D eigenvalue weighted by molar-refractivity contribution is 7.92. The van der Waals surface area contributed by atoms with Crippen molar-refractivity contribution in [2.24, 2.45) is 0 Å². The number of carbonyl (C=O) groups is 1. The maximum atomic E-state index is 12.6. The third-order valence-electron chi connectivity index (χ3n) is 4.09. The molecule has 0 saturated carbocycles. The first-order chi connectivity index (χ1) is 13.8. The molecular weight excluding hydrogens is 416 g/mol. The normalized spacial score (nSPS) is 11.3. The Morgan fingerprint density at radius 1 is 1.17 bits per heavy atom. The SMILES string of the molecule is CCS(=O)(=O)Nc1ccc(C(=O)N(C)Cc2nc(-c3ccccc3Cl)no2)cc1. The minimum absolute atomic E-state index is 0.0310. The number of nitrogens with one attached hydrogen (secondary N) is 1. The predicted octanol–water partition coefficient (Wildman–Crippen LogP) is 3.42. The van der Waals surface area contributed by atoms with Crippen molar-refractivity contribution in [1.82, 2.24) is 15.0 Å². The number of carbonyl (C=O) groups excluding carboxylic acids is 1. The number of hydrogen-bond donors (Lipinski definition) is 1. The van der Waals surface area contributed by atoms with Gasteiger partial charge >= 0.3 is 0 Å². The van der Waals surface area contributed by atoms with Crippen molar-refractivity contribution in [2.75, 3.05) is 17.5 Å². The molecule has 0 saturated heterocycles. The summed E-state index contributed by atoms with van der Waals surface area (Å²) in [5, 5.41) is 4.42. The van der Waals surface area contributed by atoms with Gasteiger partial charge in [-0.25, -0.2) is 8.42 Å². The first kappa shape index (κ1) is 20.8. The highest BCUT2D eigenvalue weighted by Crippen LogP contribution is 2.25. The average Bonchev–Trinajstić information content (AvgIpc) is 3.16. The maximum Gasteiger partial charge on any atom is 0.254 e. The van der Waals surface area contributed by atoms with E-state index in [2.05, 4.69) is 14.9 Å².